The quantitative estimate of drug-likeness (QED) is 0.632. The maximum Gasteiger partial charge on any atom is 0.312 e. The first-order valence-corrected chi connectivity index (χ1v) is 4.54. The molecule has 0 spiro atoms. The Morgan fingerprint density at radius 3 is 2.50 bits per heavy atom. The smallest absolute Gasteiger partial charge is 0.312 e. The maximum absolute atomic E-state index is 11.4. The fraction of sp³-hybridized carbons (Fsp3) is 0.889. The summed E-state index contributed by atoms with van der Waals surface area (Å²) in [5.41, 5.74) is 5.81. The molecule has 12 heavy (non-hydrogen) atoms. The molecule has 0 aromatic heterocycles. The molecule has 3 heteroatoms. The number of hydrogen-bond acceptors (Lipinski definition) is 3. The zero-order valence-electron chi connectivity index (χ0n) is 7.43. The van der Waals surface area contributed by atoms with Crippen molar-refractivity contribution in [2.75, 3.05) is 13.2 Å². The number of esters is 1. The van der Waals surface area contributed by atoms with Crippen LogP contribution in [0.3, 0.4) is 0 Å². The monoisotopic (exact) mass is 169 g/mol. The van der Waals surface area contributed by atoms with Crippen LogP contribution in [0.2, 0.25) is 0 Å². The van der Waals surface area contributed by atoms with E-state index < -0.39 is 0 Å². The summed E-state index contributed by atoms with van der Waals surface area (Å²) in [5, 5.41) is 0. The molecule has 0 heterocycles. The molecule has 3 rings (SSSR count). The van der Waals surface area contributed by atoms with Crippen molar-refractivity contribution in [3.63, 3.8) is 0 Å². The summed E-state index contributed by atoms with van der Waals surface area (Å²) in [6.07, 6.45) is 2.90. The van der Waals surface area contributed by atoms with Gasteiger partial charge in [0.05, 0.1) is 12.0 Å². The highest BCUT2D eigenvalue weighted by molar-refractivity contribution is 5.81. The molecular weight excluding hydrogens is 154 g/mol. The predicted molar refractivity (Wildman–Crippen MR) is 44.4 cm³/mol. The zero-order chi connectivity index (χ0) is 8.82. The van der Waals surface area contributed by atoms with E-state index in [1.807, 2.05) is 6.92 Å². The van der Waals surface area contributed by atoms with Crippen LogP contribution in [0.1, 0.15) is 26.2 Å². The minimum absolute atomic E-state index is 0.000301. The Labute approximate surface area is 72.3 Å². The normalized spacial score (nSPS) is 42.8. The van der Waals surface area contributed by atoms with E-state index in [0.29, 0.717) is 12.0 Å². The second-order valence-corrected chi connectivity index (χ2v) is 4.24. The van der Waals surface area contributed by atoms with Gasteiger partial charge in [0.15, 0.2) is 0 Å². The van der Waals surface area contributed by atoms with Gasteiger partial charge in [-0.2, -0.15) is 0 Å². The van der Waals surface area contributed by atoms with Crippen LogP contribution in [0.5, 0.6) is 0 Å². The fourth-order valence-corrected chi connectivity index (χ4v) is 2.72. The summed E-state index contributed by atoms with van der Waals surface area (Å²) < 4.78 is 5.00. The van der Waals surface area contributed by atoms with E-state index in [0.717, 1.165) is 25.8 Å². The van der Waals surface area contributed by atoms with Crippen LogP contribution in [0.15, 0.2) is 0 Å². The number of rotatable bonds is 3. The first kappa shape index (κ1) is 8.05. The highest BCUT2D eigenvalue weighted by atomic mass is 16.5. The lowest BCUT2D eigenvalue weighted by molar-refractivity contribution is -0.223. The largest absolute Gasteiger partial charge is 0.466 e. The van der Waals surface area contributed by atoms with Gasteiger partial charge in [-0.25, -0.2) is 0 Å². The van der Waals surface area contributed by atoms with Gasteiger partial charge in [-0.3, -0.25) is 4.79 Å². The molecule has 0 saturated heterocycles. The van der Waals surface area contributed by atoms with Crippen LogP contribution in [0.4, 0.5) is 0 Å². The minimum atomic E-state index is -0.102. The molecule has 68 valence electrons. The molecule has 0 aliphatic heterocycles. The molecule has 3 aliphatic rings. The van der Waals surface area contributed by atoms with Crippen LogP contribution in [-0.4, -0.2) is 19.1 Å². The van der Waals surface area contributed by atoms with E-state index in [1.54, 1.807) is 0 Å². The van der Waals surface area contributed by atoms with E-state index in [2.05, 4.69) is 0 Å². The zero-order valence-corrected chi connectivity index (χ0v) is 7.43. The van der Waals surface area contributed by atoms with Crippen molar-refractivity contribution in [2.45, 2.75) is 26.2 Å². The van der Waals surface area contributed by atoms with Crippen molar-refractivity contribution in [3.8, 4) is 0 Å². The Morgan fingerprint density at radius 1 is 1.50 bits per heavy atom. The maximum atomic E-state index is 11.4. The van der Waals surface area contributed by atoms with Crippen LogP contribution in [0, 0.1) is 10.8 Å². The first-order chi connectivity index (χ1) is 5.66. The Bertz CT molecular complexity index is 205. The molecule has 0 amide bonds. The van der Waals surface area contributed by atoms with Crippen molar-refractivity contribution in [1.82, 2.24) is 0 Å². The lowest BCUT2D eigenvalue weighted by Gasteiger charge is -2.68. The second-order valence-electron chi connectivity index (χ2n) is 4.24. The average molecular weight is 169 g/mol. The average Bonchev–Trinajstić information content (AvgIpc) is 1.83. The van der Waals surface area contributed by atoms with Crippen LogP contribution in [-0.2, 0) is 9.53 Å². The molecule has 3 fully saturated rings. The van der Waals surface area contributed by atoms with Crippen molar-refractivity contribution in [3.05, 3.63) is 0 Å². The lowest BCUT2D eigenvalue weighted by Crippen LogP contribution is -2.68. The van der Waals surface area contributed by atoms with Gasteiger partial charge in [0, 0.05) is 0 Å². The number of ether oxygens (including phenoxy) is 1. The molecule has 0 radical (unpaired) electrons. The summed E-state index contributed by atoms with van der Waals surface area (Å²) in [7, 11) is 0. The summed E-state index contributed by atoms with van der Waals surface area (Å²) in [6.45, 7) is 3.08. The first-order valence-electron chi connectivity index (χ1n) is 4.54. The Morgan fingerprint density at radius 2 is 2.08 bits per heavy atom. The third kappa shape index (κ3) is 0.774. The number of carbonyl (C=O) groups excluding carboxylic acids is 1. The van der Waals surface area contributed by atoms with E-state index in [4.69, 9.17) is 10.5 Å². The van der Waals surface area contributed by atoms with Gasteiger partial charge in [0.1, 0.15) is 0 Å². The van der Waals surface area contributed by atoms with E-state index in [-0.39, 0.29) is 11.4 Å². The van der Waals surface area contributed by atoms with Gasteiger partial charge < -0.3 is 10.5 Å². The van der Waals surface area contributed by atoms with E-state index >= 15 is 0 Å². The summed E-state index contributed by atoms with van der Waals surface area (Å²) in [5.74, 6) is 0.000301. The number of nitrogens with two attached hydrogens (primary N) is 1. The molecule has 2 N–H and O–H groups in total. The summed E-state index contributed by atoms with van der Waals surface area (Å²) in [4.78, 5) is 11.4. The molecule has 0 atom stereocenters. The molecule has 2 bridgehead atoms. The van der Waals surface area contributed by atoms with Gasteiger partial charge in [-0.1, -0.05) is 0 Å². The molecule has 3 saturated carbocycles. The van der Waals surface area contributed by atoms with Gasteiger partial charge in [0.2, 0.25) is 0 Å². The minimum Gasteiger partial charge on any atom is -0.466 e. The second kappa shape index (κ2) is 2.22. The molecule has 0 aromatic rings. The van der Waals surface area contributed by atoms with Crippen molar-refractivity contribution in [1.29, 1.82) is 0 Å². The Kier molecular flexibility index (Phi) is 1.49. The van der Waals surface area contributed by atoms with Crippen LogP contribution in [0.25, 0.3) is 0 Å². The summed E-state index contributed by atoms with van der Waals surface area (Å²) >= 11 is 0. The lowest BCUT2D eigenvalue weighted by atomic mass is 9.35. The fourth-order valence-electron chi connectivity index (χ4n) is 2.72. The predicted octanol–water partition coefficient (Wildman–Crippen LogP) is 0.678. The number of hydrogen-bond donors (Lipinski definition) is 1. The highest BCUT2D eigenvalue weighted by Gasteiger charge is 2.71. The van der Waals surface area contributed by atoms with Gasteiger partial charge in [-0.15, -0.1) is 0 Å². The topological polar surface area (TPSA) is 52.3 Å². The SMILES string of the molecule is CCOC(=O)C12CC(CN)(C1)C2. The molecular formula is C9H15NO2. The van der Waals surface area contributed by atoms with Crippen molar-refractivity contribution >= 4 is 5.97 Å². The third-order valence-electron chi connectivity index (χ3n) is 3.28. The molecule has 0 aromatic carbocycles. The number of carbonyl (C=O) groups is 1. The van der Waals surface area contributed by atoms with Gasteiger partial charge >= 0.3 is 5.97 Å². The van der Waals surface area contributed by atoms with Gasteiger partial charge in [0.25, 0.3) is 0 Å². The van der Waals surface area contributed by atoms with E-state index in [9.17, 15) is 4.79 Å². The summed E-state index contributed by atoms with van der Waals surface area (Å²) in [6, 6.07) is 0. The Balaban J connectivity index is 1.91. The molecule has 0 unspecified atom stereocenters. The van der Waals surface area contributed by atoms with E-state index in [1.165, 1.54) is 0 Å². The molecule has 3 aliphatic carbocycles. The highest BCUT2D eigenvalue weighted by Crippen LogP contribution is 2.73. The van der Waals surface area contributed by atoms with Crippen LogP contribution >= 0.6 is 0 Å². The standard InChI is InChI=1S/C9H15NO2/c1-2-12-7(11)9-3-8(4-9,5-9)6-10/h2-6,10H2,1H3. The van der Waals surface area contributed by atoms with Gasteiger partial charge in [-0.05, 0) is 38.1 Å². The third-order valence-corrected chi connectivity index (χ3v) is 3.28. The van der Waals surface area contributed by atoms with Crippen molar-refractivity contribution in [2.24, 2.45) is 16.6 Å². The van der Waals surface area contributed by atoms with Crippen LogP contribution < -0.4 is 5.73 Å². The molecule has 3 nitrogen and oxygen atoms in total. The Hall–Kier alpha value is -0.570. The van der Waals surface area contributed by atoms with Crippen molar-refractivity contribution < 1.29 is 9.53 Å².